The van der Waals surface area contributed by atoms with Crippen LogP contribution in [0, 0.1) is 0 Å². The molecule has 0 unspecified atom stereocenters. The third-order valence-corrected chi connectivity index (χ3v) is 4.74. The van der Waals surface area contributed by atoms with Crippen LogP contribution in [0.4, 0.5) is 0 Å². The Labute approximate surface area is 142 Å². The van der Waals surface area contributed by atoms with Gasteiger partial charge in [0.15, 0.2) is 0 Å². The third-order valence-electron chi connectivity index (χ3n) is 4.74. The van der Waals surface area contributed by atoms with Gasteiger partial charge in [-0.3, -0.25) is 19.5 Å². The van der Waals surface area contributed by atoms with Crippen LogP contribution in [0.2, 0.25) is 0 Å². The number of pyridine rings is 1. The Bertz CT molecular complexity index is 595. The van der Waals surface area contributed by atoms with Gasteiger partial charge in [-0.25, -0.2) is 0 Å². The topological polar surface area (TPSA) is 66.0 Å². The van der Waals surface area contributed by atoms with Gasteiger partial charge in [0.2, 0.25) is 11.8 Å². The first-order valence-corrected chi connectivity index (χ1v) is 8.27. The molecular formula is C17H24N4O3. The summed E-state index contributed by atoms with van der Waals surface area (Å²) in [6.07, 6.45) is 3.86. The van der Waals surface area contributed by atoms with E-state index in [0.29, 0.717) is 39.2 Å². The summed E-state index contributed by atoms with van der Waals surface area (Å²) in [7, 11) is 3.73. The molecule has 130 valence electrons. The maximum atomic E-state index is 12.6. The van der Waals surface area contributed by atoms with Crippen molar-refractivity contribution >= 4 is 11.8 Å². The first-order valence-electron chi connectivity index (χ1n) is 8.27. The molecule has 2 fully saturated rings. The highest BCUT2D eigenvalue weighted by atomic mass is 16.5. The molecule has 0 aromatic carbocycles. The Morgan fingerprint density at radius 1 is 1.38 bits per heavy atom. The largest absolute Gasteiger partial charge is 0.374 e. The number of likely N-dealkylation sites (tertiary alicyclic amines) is 1. The molecule has 3 rings (SSSR count). The third kappa shape index (κ3) is 3.73. The zero-order chi connectivity index (χ0) is 17.1. The van der Waals surface area contributed by atoms with E-state index in [1.54, 1.807) is 24.3 Å². The summed E-state index contributed by atoms with van der Waals surface area (Å²) in [5.74, 6) is 0.163. The smallest absolute Gasteiger partial charge is 0.236 e. The molecule has 7 nitrogen and oxygen atoms in total. The number of fused-ring (bicyclic) bond motifs is 1. The second-order valence-electron chi connectivity index (χ2n) is 6.56. The van der Waals surface area contributed by atoms with E-state index in [9.17, 15) is 9.59 Å². The van der Waals surface area contributed by atoms with Gasteiger partial charge in [0.05, 0.1) is 31.7 Å². The number of rotatable bonds is 4. The molecule has 2 aliphatic heterocycles. The number of carbonyl (C=O) groups excluding carboxylic acids is 2. The number of hydrogen-bond acceptors (Lipinski definition) is 5. The summed E-state index contributed by atoms with van der Waals surface area (Å²) < 4.78 is 5.77. The minimum absolute atomic E-state index is 0.0329. The minimum Gasteiger partial charge on any atom is -0.374 e. The number of nitrogens with zero attached hydrogens (tertiary/aromatic N) is 4. The van der Waals surface area contributed by atoms with Gasteiger partial charge < -0.3 is 14.5 Å². The minimum atomic E-state index is -0.0732. The number of likely N-dealkylation sites (N-methyl/N-ethyl adjacent to an activating group) is 2. The Morgan fingerprint density at radius 2 is 2.12 bits per heavy atom. The van der Waals surface area contributed by atoms with Crippen molar-refractivity contribution in [2.45, 2.75) is 25.1 Å². The lowest BCUT2D eigenvalue weighted by Crippen LogP contribution is -2.43. The van der Waals surface area contributed by atoms with Crippen LogP contribution in [-0.2, 0) is 20.9 Å². The summed E-state index contributed by atoms with van der Waals surface area (Å²) >= 11 is 0. The lowest BCUT2D eigenvalue weighted by Gasteiger charge is -2.25. The molecule has 1 aromatic heterocycles. The van der Waals surface area contributed by atoms with Crippen LogP contribution < -0.4 is 0 Å². The Balaban J connectivity index is 1.55. The summed E-state index contributed by atoms with van der Waals surface area (Å²) in [4.78, 5) is 34.1. The van der Waals surface area contributed by atoms with Crippen molar-refractivity contribution in [1.82, 2.24) is 19.7 Å². The van der Waals surface area contributed by atoms with E-state index in [1.807, 2.05) is 29.0 Å². The fourth-order valence-electron chi connectivity index (χ4n) is 3.34. The molecule has 2 amide bonds. The van der Waals surface area contributed by atoms with Gasteiger partial charge in [-0.15, -0.1) is 0 Å². The fourth-order valence-corrected chi connectivity index (χ4v) is 3.34. The predicted molar refractivity (Wildman–Crippen MR) is 88.1 cm³/mol. The highest BCUT2D eigenvalue weighted by Crippen LogP contribution is 2.22. The highest BCUT2D eigenvalue weighted by Gasteiger charge is 2.41. The zero-order valence-electron chi connectivity index (χ0n) is 14.2. The summed E-state index contributed by atoms with van der Waals surface area (Å²) in [6, 6.07) is 3.86. The lowest BCUT2D eigenvalue weighted by molar-refractivity contribution is -0.134. The summed E-state index contributed by atoms with van der Waals surface area (Å²) in [5.41, 5.74) is 1.13. The number of carbonyl (C=O) groups is 2. The van der Waals surface area contributed by atoms with Crippen LogP contribution in [0.15, 0.2) is 24.5 Å². The van der Waals surface area contributed by atoms with Gasteiger partial charge in [-0.1, -0.05) is 0 Å². The zero-order valence-corrected chi connectivity index (χ0v) is 14.2. The normalized spacial score (nSPS) is 24.2. The number of hydrogen-bond donors (Lipinski definition) is 0. The SMILES string of the molecule is CN(CC(=O)N1C[C@@H]2OCCC(=O)N(C)[C@H]2C1)Cc1ccncc1. The molecule has 0 saturated carbocycles. The highest BCUT2D eigenvalue weighted by molar-refractivity contribution is 5.80. The first-order chi connectivity index (χ1) is 11.5. The molecule has 0 N–H and O–H groups in total. The van der Waals surface area contributed by atoms with Crippen molar-refractivity contribution < 1.29 is 14.3 Å². The second kappa shape index (κ2) is 7.27. The standard InChI is InChI=1S/C17H24N4O3/c1-19(9-13-3-6-18-7-4-13)12-17(23)21-10-14-15(11-21)24-8-5-16(22)20(14)2/h3-4,6-7,14-15H,5,8-12H2,1-2H3/t14-,15-/m0/s1. The molecule has 2 saturated heterocycles. The van der Waals surface area contributed by atoms with Gasteiger partial charge in [0, 0.05) is 39.1 Å². The predicted octanol–water partition coefficient (Wildman–Crippen LogP) is -0.0285. The first kappa shape index (κ1) is 16.9. The maximum absolute atomic E-state index is 12.6. The average molecular weight is 332 g/mol. The molecule has 1 aromatic rings. The van der Waals surface area contributed by atoms with E-state index in [-0.39, 0.29) is 24.0 Å². The van der Waals surface area contributed by atoms with Crippen LogP contribution in [0.1, 0.15) is 12.0 Å². The Kier molecular flexibility index (Phi) is 5.11. The molecule has 2 atom stereocenters. The van der Waals surface area contributed by atoms with E-state index in [0.717, 1.165) is 5.56 Å². The van der Waals surface area contributed by atoms with Crippen LogP contribution in [-0.4, -0.2) is 84.0 Å². The number of ether oxygens (including phenoxy) is 1. The van der Waals surface area contributed by atoms with E-state index in [1.165, 1.54) is 0 Å². The molecule has 24 heavy (non-hydrogen) atoms. The van der Waals surface area contributed by atoms with E-state index >= 15 is 0 Å². The van der Waals surface area contributed by atoms with Crippen LogP contribution in [0.5, 0.6) is 0 Å². The summed E-state index contributed by atoms with van der Waals surface area (Å²) in [5, 5.41) is 0. The van der Waals surface area contributed by atoms with Crippen molar-refractivity contribution in [2.24, 2.45) is 0 Å². The Morgan fingerprint density at radius 3 is 2.88 bits per heavy atom. The Hall–Kier alpha value is -1.99. The van der Waals surface area contributed by atoms with E-state index in [4.69, 9.17) is 4.74 Å². The molecule has 2 aliphatic rings. The number of amides is 2. The van der Waals surface area contributed by atoms with Gasteiger partial charge in [-0.2, -0.15) is 0 Å². The molecule has 0 spiro atoms. The van der Waals surface area contributed by atoms with Crippen molar-refractivity contribution in [3.8, 4) is 0 Å². The van der Waals surface area contributed by atoms with Gasteiger partial charge in [0.1, 0.15) is 0 Å². The van der Waals surface area contributed by atoms with Crippen LogP contribution in [0.3, 0.4) is 0 Å². The van der Waals surface area contributed by atoms with Gasteiger partial charge >= 0.3 is 0 Å². The monoisotopic (exact) mass is 332 g/mol. The lowest BCUT2D eigenvalue weighted by atomic mass is 10.2. The van der Waals surface area contributed by atoms with E-state index in [2.05, 4.69) is 4.98 Å². The van der Waals surface area contributed by atoms with Crippen LogP contribution >= 0.6 is 0 Å². The maximum Gasteiger partial charge on any atom is 0.236 e. The number of aromatic nitrogens is 1. The molecule has 0 aliphatic carbocycles. The van der Waals surface area contributed by atoms with Crippen molar-refractivity contribution in [3.05, 3.63) is 30.1 Å². The quantitative estimate of drug-likeness (QED) is 0.775. The molecular weight excluding hydrogens is 308 g/mol. The molecule has 7 heteroatoms. The second-order valence-corrected chi connectivity index (χ2v) is 6.56. The van der Waals surface area contributed by atoms with Crippen LogP contribution in [0.25, 0.3) is 0 Å². The van der Waals surface area contributed by atoms with Crippen molar-refractivity contribution in [1.29, 1.82) is 0 Å². The van der Waals surface area contributed by atoms with Crippen molar-refractivity contribution in [2.75, 3.05) is 40.3 Å². The fraction of sp³-hybridized carbons (Fsp3) is 0.588. The molecule has 3 heterocycles. The van der Waals surface area contributed by atoms with E-state index < -0.39 is 0 Å². The molecule has 0 radical (unpaired) electrons. The molecule has 0 bridgehead atoms. The van der Waals surface area contributed by atoms with Crippen molar-refractivity contribution in [3.63, 3.8) is 0 Å². The van der Waals surface area contributed by atoms with Gasteiger partial charge in [0.25, 0.3) is 0 Å². The summed E-state index contributed by atoms with van der Waals surface area (Å²) in [6.45, 7) is 2.59. The van der Waals surface area contributed by atoms with Gasteiger partial charge in [-0.05, 0) is 24.7 Å². The average Bonchev–Trinajstić information content (AvgIpc) is 2.94.